The highest BCUT2D eigenvalue weighted by molar-refractivity contribution is 5.78. The van der Waals surface area contributed by atoms with Crippen LogP contribution in [0.25, 0.3) is 0 Å². The van der Waals surface area contributed by atoms with Crippen LogP contribution in [0.2, 0.25) is 0 Å². The van der Waals surface area contributed by atoms with Gasteiger partial charge in [-0.3, -0.25) is 4.79 Å². The molecule has 0 unspecified atom stereocenters. The maximum atomic E-state index is 10.6. The fraction of sp³-hybridized carbons (Fsp3) is 0. The van der Waals surface area contributed by atoms with E-state index in [0.717, 1.165) is 0 Å². The quantitative estimate of drug-likeness (QED) is 0.638. The molecular weight excluding hydrogens is 242 g/mol. The van der Waals surface area contributed by atoms with Gasteiger partial charge in [0, 0.05) is 5.56 Å². The van der Waals surface area contributed by atoms with Gasteiger partial charge in [-0.25, -0.2) is 0 Å². The molecule has 0 aliphatic rings. The zero-order valence-corrected chi connectivity index (χ0v) is 9.51. The van der Waals surface area contributed by atoms with Crippen LogP contribution in [0.15, 0.2) is 29.5 Å². The van der Waals surface area contributed by atoms with Gasteiger partial charge in [-0.15, -0.1) is 0 Å². The van der Waals surface area contributed by atoms with Crippen molar-refractivity contribution in [2.24, 2.45) is 0 Å². The largest absolute Gasteiger partial charge is 0.344 e. The Hall–Kier alpha value is -3.61. The maximum Gasteiger partial charge on any atom is 0.163 e. The molecule has 0 atom stereocenters. The minimum absolute atomic E-state index is 0.132. The highest BCUT2D eigenvalue weighted by atomic mass is 16.1. The molecule has 0 radical (unpaired) electrons. The van der Waals surface area contributed by atoms with Crippen LogP contribution in [0, 0.1) is 45.3 Å². The summed E-state index contributed by atoms with van der Waals surface area (Å²) in [6.07, 6.45) is 0.585. The number of hydrogen-bond donors (Lipinski definition) is 1. The minimum Gasteiger partial charge on any atom is -0.344 e. The van der Waals surface area contributed by atoms with Gasteiger partial charge in [-0.05, 0) is 18.2 Å². The van der Waals surface area contributed by atoms with Crippen LogP contribution in [0.1, 0.15) is 15.9 Å². The Bertz CT molecular complexity index is 703. The fourth-order valence-electron chi connectivity index (χ4n) is 1.25. The number of hydrogen-bond acceptors (Lipinski definition) is 6. The first-order valence-corrected chi connectivity index (χ1v) is 4.91. The SMILES string of the molecule is N#CC(C#N)=C(C#N)Nc1ccc(C=O)cc1C#N. The Kier molecular flexibility index (Phi) is 4.39. The van der Waals surface area contributed by atoms with Crippen molar-refractivity contribution in [3.05, 3.63) is 40.6 Å². The summed E-state index contributed by atoms with van der Waals surface area (Å²) in [5.41, 5.74) is 0.0526. The van der Waals surface area contributed by atoms with Crippen LogP contribution in [-0.2, 0) is 0 Å². The summed E-state index contributed by atoms with van der Waals surface area (Å²) in [6, 6.07) is 10.9. The molecular formula is C13H5N5O. The molecule has 0 spiro atoms. The summed E-state index contributed by atoms with van der Waals surface area (Å²) in [5, 5.41) is 37.7. The molecule has 0 saturated carbocycles. The normalized spacial score (nSPS) is 8.00. The first-order valence-electron chi connectivity index (χ1n) is 4.91. The van der Waals surface area contributed by atoms with Crippen molar-refractivity contribution in [1.82, 2.24) is 0 Å². The molecule has 0 aliphatic heterocycles. The standard InChI is InChI=1S/C13H5N5O/c14-4-10-3-9(8-19)1-2-12(10)18-13(7-17)11(5-15)6-16/h1-3,8,18H. The lowest BCUT2D eigenvalue weighted by molar-refractivity contribution is 0.112. The zero-order chi connectivity index (χ0) is 14.3. The number of rotatable bonds is 3. The van der Waals surface area contributed by atoms with E-state index in [1.54, 1.807) is 18.2 Å². The number of nitrogens with one attached hydrogen (secondary N) is 1. The van der Waals surface area contributed by atoms with E-state index in [0.29, 0.717) is 11.8 Å². The molecule has 1 aromatic rings. The second kappa shape index (κ2) is 6.21. The summed E-state index contributed by atoms with van der Waals surface area (Å²) in [7, 11) is 0. The number of benzene rings is 1. The third-order valence-corrected chi connectivity index (χ3v) is 2.15. The van der Waals surface area contributed by atoms with E-state index in [-0.39, 0.29) is 22.5 Å². The third kappa shape index (κ3) is 2.94. The van der Waals surface area contributed by atoms with Crippen molar-refractivity contribution in [2.45, 2.75) is 0 Å². The molecule has 0 aromatic heterocycles. The predicted molar refractivity (Wildman–Crippen MR) is 64.0 cm³/mol. The topological polar surface area (TPSA) is 124 Å². The second-order valence-corrected chi connectivity index (χ2v) is 3.25. The monoisotopic (exact) mass is 247 g/mol. The number of nitriles is 4. The van der Waals surface area contributed by atoms with Crippen molar-refractivity contribution in [3.63, 3.8) is 0 Å². The molecule has 1 aromatic carbocycles. The molecule has 19 heavy (non-hydrogen) atoms. The molecule has 88 valence electrons. The van der Waals surface area contributed by atoms with Gasteiger partial charge >= 0.3 is 0 Å². The van der Waals surface area contributed by atoms with Gasteiger partial charge in [0.25, 0.3) is 0 Å². The molecule has 0 heterocycles. The van der Waals surface area contributed by atoms with Gasteiger partial charge < -0.3 is 5.32 Å². The summed E-state index contributed by atoms with van der Waals surface area (Å²) in [5.74, 6) is 0. The molecule has 0 aliphatic carbocycles. The van der Waals surface area contributed by atoms with Crippen LogP contribution >= 0.6 is 0 Å². The van der Waals surface area contributed by atoms with Crippen LogP contribution in [0.3, 0.4) is 0 Å². The first-order chi connectivity index (χ1) is 9.19. The van der Waals surface area contributed by atoms with E-state index in [2.05, 4.69) is 5.32 Å². The fourth-order valence-corrected chi connectivity index (χ4v) is 1.25. The zero-order valence-electron chi connectivity index (χ0n) is 9.51. The number of allylic oxidation sites excluding steroid dienone is 2. The molecule has 6 nitrogen and oxygen atoms in total. The number of carbonyl (C=O) groups is 1. The average molecular weight is 247 g/mol. The van der Waals surface area contributed by atoms with Crippen molar-refractivity contribution in [3.8, 4) is 24.3 Å². The Labute approximate surface area is 109 Å². The summed E-state index contributed by atoms with van der Waals surface area (Å²) in [6.45, 7) is 0. The lowest BCUT2D eigenvalue weighted by Crippen LogP contribution is -2.02. The van der Waals surface area contributed by atoms with Crippen molar-refractivity contribution in [1.29, 1.82) is 21.0 Å². The molecule has 1 N–H and O–H groups in total. The van der Waals surface area contributed by atoms with Gasteiger partial charge in [0.15, 0.2) is 5.57 Å². The lowest BCUT2D eigenvalue weighted by atomic mass is 10.1. The number of aldehydes is 1. The van der Waals surface area contributed by atoms with Crippen molar-refractivity contribution in [2.75, 3.05) is 5.32 Å². The smallest absolute Gasteiger partial charge is 0.163 e. The molecule has 1 rings (SSSR count). The summed E-state index contributed by atoms with van der Waals surface area (Å²) < 4.78 is 0. The molecule has 0 fully saturated rings. The lowest BCUT2D eigenvalue weighted by Gasteiger charge is -2.06. The number of carbonyl (C=O) groups excluding carboxylic acids is 1. The van der Waals surface area contributed by atoms with E-state index in [1.165, 1.54) is 18.2 Å². The van der Waals surface area contributed by atoms with Crippen LogP contribution < -0.4 is 5.32 Å². The summed E-state index contributed by atoms with van der Waals surface area (Å²) in [4.78, 5) is 10.6. The van der Waals surface area contributed by atoms with Crippen LogP contribution in [0.5, 0.6) is 0 Å². The van der Waals surface area contributed by atoms with Gasteiger partial charge in [-0.1, -0.05) is 0 Å². The van der Waals surface area contributed by atoms with E-state index in [1.807, 2.05) is 6.07 Å². The van der Waals surface area contributed by atoms with E-state index >= 15 is 0 Å². The maximum absolute atomic E-state index is 10.6. The van der Waals surface area contributed by atoms with Gasteiger partial charge in [0.1, 0.15) is 36.3 Å². The Morgan fingerprint density at radius 3 is 2.26 bits per heavy atom. The molecule has 0 amide bonds. The van der Waals surface area contributed by atoms with Gasteiger partial charge in [0.05, 0.1) is 11.3 Å². The van der Waals surface area contributed by atoms with Gasteiger partial charge in [0.2, 0.25) is 0 Å². The summed E-state index contributed by atoms with van der Waals surface area (Å²) >= 11 is 0. The molecule has 6 heteroatoms. The average Bonchev–Trinajstić information content (AvgIpc) is 2.47. The molecule has 0 bridgehead atoms. The Morgan fingerprint density at radius 1 is 1.11 bits per heavy atom. The second-order valence-electron chi connectivity index (χ2n) is 3.25. The third-order valence-electron chi connectivity index (χ3n) is 2.15. The number of anilines is 1. The van der Waals surface area contributed by atoms with Crippen molar-refractivity contribution >= 4 is 12.0 Å². The highest BCUT2D eigenvalue weighted by Crippen LogP contribution is 2.18. The Morgan fingerprint density at radius 2 is 1.79 bits per heavy atom. The Balaban J connectivity index is 3.29. The van der Waals surface area contributed by atoms with E-state index < -0.39 is 0 Å². The van der Waals surface area contributed by atoms with Crippen LogP contribution in [-0.4, -0.2) is 6.29 Å². The van der Waals surface area contributed by atoms with Crippen LogP contribution in [0.4, 0.5) is 5.69 Å². The first kappa shape index (κ1) is 13.5. The highest BCUT2D eigenvalue weighted by Gasteiger charge is 2.09. The van der Waals surface area contributed by atoms with Crippen molar-refractivity contribution < 1.29 is 4.79 Å². The van der Waals surface area contributed by atoms with E-state index in [4.69, 9.17) is 21.0 Å². The van der Waals surface area contributed by atoms with Gasteiger partial charge in [-0.2, -0.15) is 21.0 Å². The minimum atomic E-state index is -0.383. The number of nitrogens with zero attached hydrogens (tertiary/aromatic N) is 4. The predicted octanol–water partition coefficient (Wildman–Crippen LogP) is 1.61. The molecule has 0 saturated heterocycles. The van der Waals surface area contributed by atoms with E-state index in [9.17, 15) is 4.79 Å².